The minimum atomic E-state index is 0.583. The van der Waals surface area contributed by atoms with Gasteiger partial charge in [-0.1, -0.05) is 170 Å². The van der Waals surface area contributed by atoms with Crippen LogP contribution in [0.2, 0.25) is 0 Å². The van der Waals surface area contributed by atoms with Crippen LogP contribution in [0, 0.1) is 0 Å². The van der Waals surface area contributed by atoms with E-state index in [1.54, 1.807) is 0 Å². The lowest BCUT2D eigenvalue weighted by Crippen LogP contribution is -2.00. The van der Waals surface area contributed by atoms with Gasteiger partial charge in [-0.2, -0.15) is 0 Å². The van der Waals surface area contributed by atoms with E-state index in [0.717, 1.165) is 60.7 Å². The molecule has 288 valence electrons. The van der Waals surface area contributed by atoms with Crippen LogP contribution in [0.4, 0.5) is 0 Å². The lowest BCUT2D eigenvalue weighted by molar-refractivity contribution is 0.666. The van der Waals surface area contributed by atoms with Gasteiger partial charge in [-0.15, -0.1) is 0 Å². The first kappa shape index (κ1) is 34.5. The molecule has 5 nitrogen and oxygen atoms in total. The smallest absolute Gasteiger partial charge is 0.164 e. The van der Waals surface area contributed by atoms with Gasteiger partial charge < -0.3 is 8.98 Å². The van der Waals surface area contributed by atoms with Crippen LogP contribution in [0.1, 0.15) is 0 Å². The number of aromatic nitrogens is 4. The first-order valence-corrected chi connectivity index (χ1v) is 20.9. The summed E-state index contributed by atoms with van der Waals surface area (Å²) >= 11 is 0. The van der Waals surface area contributed by atoms with E-state index in [4.69, 9.17) is 19.4 Å². The third kappa shape index (κ3) is 5.32. The molecule has 3 aromatic heterocycles. The topological polar surface area (TPSA) is 56.7 Å². The Labute approximate surface area is 355 Å². The molecule has 5 heteroatoms. The van der Waals surface area contributed by atoms with Crippen LogP contribution in [0.25, 0.3) is 127 Å². The summed E-state index contributed by atoms with van der Waals surface area (Å²) in [5, 5.41) is 11.7. The van der Waals surface area contributed by atoms with Crippen molar-refractivity contribution in [2.24, 2.45) is 0 Å². The number of hydrogen-bond acceptors (Lipinski definition) is 4. The summed E-state index contributed by atoms with van der Waals surface area (Å²) < 4.78 is 9.46. The van der Waals surface area contributed by atoms with Crippen molar-refractivity contribution >= 4 is 76.1 Å². The van der Waals surface area contributed by atoms with E-state index >= 15 is 0 Å². The second-order valence-electron chi connectivity index (χ2n) is 15.9. The molecule has 10 aromatic carbocycles. The molecule has 0 aliphatic rings. The Morgan fingerprint density at radius 3 is 1.71 bits per heavy atom. The van der Waals surface area contributed by atoms with Crippen LogP contribution < -0.4 is 0 Å². The van der Waals surface area contributed by atoms with E-state index in [1.807, 2.05) is 30.3 Å². The number of furan rings is 1. The van der Waals surface area contributed by atoms with Gasteiger partial charge in [0, 0.05) is 38.2 Å². The molecule has 0 amide bonds. The lowest BCUT2D eigenvalue weighted by atomic mass is 9.94. The average molecular weight is 791 g/mol. The van der Waals surface area contributed by atoms with E-state index in [9.17, 15) is 0 Å². The van der Waals surface area contributed by atoms with Crippen LogP contribution in [0.3, 0.4) is 0 Å². The standard InChI is InChI=1S/C57H34N4O/c1-3-15-36(16-4-1)47-34-50-53(45-23-12-11-22-43(45)47)52-42-21-10-9-17-37(42)29-31-48(52)61(50)49-25-13-24-46-44-30-28-41(33-51(44)62-54(46)49)57-59-55(38-18-5-2-6-19-38)58-56(60-57)40-27-26-35-14-7-8-20-39(35)32-40/h1-34H. The molecule has 3 heterocycles. The van der Waals surface area contributed by atoms with Crippen LogP contribution in [0.5, 0.6) is 0 Å². The predicted octanol–water partition coefficient (Wildman–Crippen LogP) is 15.0. The highest BCUT2D eigenvalue weighted by molar-refractivity contribution is 6.30. The number of fused-ring (bicyclic) bond motifs is 11. The zero-order valence-electron chi connectivity index (χ0n) is 33.3. The lowest BCUT2D eigenvalue weighted by Gasteiger charge is -2.12. The predicted molar refractivity (Wildman–Crippen MR) is 256 cm³/mol. The number of para-hydroxylation sites is 1. The normalized spacial score (nSPS) is 11.9. The van der Waals surface area contributed by atoms with Crippen molar-refractivity contribution < 1.29 is 4.42 Å². The van der Waals surface area contributed by atoms with Crippen molar-refractivity contribution in [3.8, 4) is 51.0 Å². The molecule has 0 bridgehead atoms. The Kier molecular flexibility index (Phi) is 7.54. The van der Waals surface area contributed by atoms with E-state index < -0.39 is 0 Å². The highest BCUT2D eigenvalue weighted by Crippen LogP contribution is 2.45. The highest BCUT2D eigenvalue weighted by Gasteiger charge is 2.23. The molecule has 62 heavy (non-hydrogen) atoms. The van der Waals surface area contributed by atoms with Gasteiger partial charge in [0.25, 0.3) is 0 Å². The Balaban J connectivity index is 1.05. The quantitative estimate of drug-likeness (QED) is 0.174. The Bertz CT molecular complexity index is 3920. The minimum absolute atomic E-state index is 0.583. The highest BCUT2D eigenvalue weighted by atomic mass is 16.3. The van der Waals surface area contributed by atoms with E-state index in [0.29, 0.717) is 17.5 Å². The fraction of sp³-hybridized carbons (Fsp3) is 0. The third-order valence-corrected chi connectivity index (χ3v) is 12.4. The van der Waals surface area contributed by atoms with Gasteiger partial charge in [0.05, 0.1) is 16.7 Å². The molecule has 0 aliphatic carbocycles. The van der Waals surface area contributed by atoms with Crippen molar-refractivity contribution in [1.29, 1.82) is 0 Å². The van der Waals surface area contributed by atoms with Gasteiger partial charge in [-0.3, -0.25) is 0 Å². The summed E-state index contributed by atoms with van der Waals surface area (Å²) in [5.74, 6) is 1.82. The summed E-state index contributed by atoms with van der Waals surface area (Å²) in [6.07, 6.45) is 0. The van der Waals surface area contributed by atoms with Crippen LogP contribution in [0.15, 0.2) is 211 Å². The molecule has 13 aromatic rings. The van der Waals surface area contributed by atoms with Gasteiger partial charge in [0.2, 0.25) is 0 Å². The summed E-state index contributed by atoms with van der Waals surface area (Å²) in [6.45, 7) is 0. The van der Waals surface area contributed by atoms with Crippen molar-refractivity contribution in [2.75, 3.05) is 0 Å². The summed E-state index contributed by atoms with van der Waals surface area (Å²) in [6, 6.07) is 72.8. The van der Waals surface area contributed by atoms with E-state index in [1.165, 1.54) is 48.8 Å². The zero-order chi connectivity index (χ0) is 40.7. The van der Waals surface area contributed by atoms with Gasteiger partial charge in [0.15, 0.2) is 23.1 Å². The van der Waals surface area contributed by atoms with E-state index in [-0.39, 0.29) is 0 Å². The maximum Gasteiger partial charge on any atom is 0.164 e. The molecule has 13 rings (SSSR count). The molecule has 0 atom stereocenters. The Hall–Kier alpha value is -8.41. The Morgan fingerprint density at radius 2 is 0.919 bits per heavy atom. The first-order valence-electron chi connectivity index (χ1n) is 20.9. The molecule has 0 unspecified atom stereocenters. The molecule has 0 radical (unpaired) electrons. The zero-order valence-corrected chi connectivity index (χ0v) is 33.3. The minimum Gasteiger partial charge on any atom is -0.454 e. The molecule has 0 saturated carbocycles. The summed E-state index contributed by atoms with van der Waals surface area (Å²) in [5.41, 5.74) is 9.90. The summed E-state index contributed by atoms with van der Waals surface area (Å²) in [4.78, 5) is 15.2. The largest absolute Gasteiger partial charge is 0.454 e. The summed E-state index contributed by atoms with van der Waals surface area (Å²) in [7, 11) is 0. The number of hydrogen-bond donors (Lipinski definition) is 0. The van der Waals surface area contributed by atoms with E-state index in [2.05, 4.69) is 180 Å². The van der Waals surface area contributed by atoms with Crippen LogP contribution >= 0.6 is 0 Å². The monoisotopic (exact) mass is 790 g/mol. The van der Waals surface area contributed by atoms with Gasteiger partial charge in [-0.25, -0.2) is 15.0 Å². The molecular formula is C57H34N4O. The molecule has 0 N–H and O–H groups in total. The number of rotatable bonds is 5. The fourth-order valence-corrected chi connectivity index (χ4v) is 9.53. The molecular weight excluding hydrogens is 757 g/mol. The molecule has 0 spiro atoms. The van der Waals surface area contributed by atoms with Crippen LogP contribution in [-0.4, -0.2) is 19.5 Å². The molecule has 0 fully saturated rings. The third-order valence-electron chi connectivity index (χ3n) is 12.4. The molecule has 0 saturated heterocycles. The van der Waals surface area contributed by atoms with Gasteiger partial charge in [0.1, 0.15) is 5.58 Å². The van der Waals surface area contributed by atoms with Crippen molar-refractivity contribution in [2.45, 2.75) is 0 Å². The van der Waals surface area contributed by atoms with Gasteiger partial charge in [-0.05, 0) is 79.8 Å². The van der Waals surface area contributed by atoms with Gasteiger partial charge >= 0.3 is 0 Å². The number of nitrogens with zero attached hydrogens (tertiary/aromatic N) is 4. The second kappa shape index (κ2) is 13.6. The SMILES string of the molecule is c1ccc(-c2nc(-c3ccc4ccccc4c3)nc(-c3ccc4c(c3)oc3c(-n5c6ccc7ccccc7c6c6c7ccccc7c(-c7ccccc7)cc65)cccc34)n2)cc1. The van der Waals surface area contributed by atoms with Crippen molar-refractivity contribution in [3.63, 3.8) is 0 Å². The number of benzene rings is 10. The maximum atomic E-state index is 7.04. The maximum absolute atomic E-state index is 7.04. The second-order valence-corrected chi connectivity index (χ2v) is 15.9. The Morgan fingerprint density at radius 1 is 0.339 bits per heavy atom. The van der Waals surface area contributed by atoms with Crippen LogP contribution in [-0.2, 0) is 0 Å². The average Bonchev–Trinajstić information content (AvgIpc) is 3.90. The van der Waals surface area contributed by atoms with Crippen molar-refractivity contribution in [3.05, 3.63) is 206 Å². The first-order chi connectivity index (χ1) is 30.7. The fourth-order valence-electron chi connectivity index (χ4n) is 9.53. The molecule has 0 aliphatic heterocycles. The van der Waals surface area contributed by atoms with Crippen molar-refractivity contribution in [1.82, 2.24) is 19.5 Å².